The third-order valence-electron chi connectivity index (χ3n) is 7.18. The Morgan fingerprint density at radius 2 is 1.45 bits per heavy atom. The van der Waals surface area contributed by atoms with Crippen molar-refractivity contribution in [1.82, 2.24) is 10.2 Å². The molecule has 6 nitrogen and oxygen atoms in total. The van der Waals surface area contributed by atoms with Crippen LogP contribution in [0.4, 0.5) is 4.39 Å². The Labute approximate surface area is 227 Å². The number of nitrogens with one attached hydrogen (secondary N) is 1. The van der Waals surface area contributed by atoms with E-state index in [0.29, 0.717) is 48.8 Å². The monoisotopic (exact) mass is 538 g/mol. The molecule has 1 aliphatic rings. The number of hydrogen-bond donors (Lipinski definition) is 1. The number of methoxy groups -OCH3 is 2. The lowest BCUT2D eigenvalue weighted by molar-refractivity contribution is 0.0571. The number of ketones is 2. The summed E-state index contributed by atoms with van der Waals surface area (Å²) in [4.78, 5) is 30.3. The van der Waals surface area contributed by atoms with Gasteiger partial charge in [0.1, 0.15) is 17.3 Å². The zero-order chi connectivity index (χ0) is 27.2. The predicted molar refractivity (Wildman–Crippen MR) is 146 cm³/mol. The average Bonchev–Trinajstić information content (AvgIpc) is 2.96. The lowest BCUT2D eigenvalue weighted by Crippen LogP contribution is -2.51. The smallest absolute Gasteiger partial charge is 0.167 e. The highest BCUT2D eigenvalue weighted by Gasteiger charge is 2.46. The summed E-state index contributed by atoms with van der Waals surface area (Å²) < 4.78 is 26.3. The van der Waals surface area contributed by atoms with Crippen LogP contribution < -0.4 is 14.8 Å². The third kappa shape index (κ3) is 5.90. The van der Waals surface area contributed by atoms with Gasteiger partial charge in [-0.2, -0.15) is 0 Å². The van der Waals surface area contributed by atoms with E-state index < -0.39 is 23.6 Å². The Hall–Kier alpha value is -3.26. The molecular formula is C30H32ClFN2O4. The van der Waals surface area contributed by atoms with Crippen LogP contribution in [0, 0.1) is 17.7 Å². The fourth-order valence-electron chi connectivity index (χ4n) is 5.28. The number of benzene rings is 3. The SMILES string of the molecule is CNCCN1C[C@H](C(=O)c2cccc(OC)c2)C(c2cccc(Cl)c2F)[C@@H](C(=O)c2cccc(OC)c2)C1. The lowest BCUT2D eigenvalue weighted by Gasteiger charge is -2.43. The molecule has 1 fully saturated rings. The molecule has 8 heteroatoms. The number of carbonyl (C=O) groups excluding carboxylic acids is 2. The van der Waals surface area contributed by atoms with Gasteiger partial charge in [0.15, 0.2) is 11.6 Å². The Morgan fingerprint density at radius 1 is 0.921 bits per heavy atom. The number of nitrogens with zero attached hydrogens (tertiary/aromatic N) is 1. The molecule has 2 atom stereocenters. The first kappa shape index (κ1) is 27.8. The number of likely N-dealkylation sites (N-methyl/N-ethyl adjacent to an activating group) is 1. The second kappa shape index (κ2) is 12.5. The number of hydrogen-bond acceptors (Lipinski definition) is 6. The lowest BCUT2D eigenvalue weighted by atomic mass is 9.68. The molecule has 0 radical (unpaired) electrons. The zero-order valence-corrected chi connectivity index (χ0v) is 22.5. The molecule has 0 aliphatic carbocycles. The zero-order valence-electron chi connectivity index (χ0n) is 21.7. The van der Waals surface area contributed by atoms with E-state index in [1.807, 2.05) is 7.05 Å². The van der Waals surface area contributed by atoms with Crippen molar-refractivity contribution in [3.63, 3.8) is 0 Å². The van der Waals surface area contributed by atoms with E-state index in [1.54, 1.807) is 60.7 Å². The topological polar surface area (TPSA) is 67.9 Å². The van der Waals surface area contributed by atoms with Crippen molar-refractivity contribution >= 4 is 23.2 Å². The number of piperidine rings is 1. The van der Waals surface area contributed by atoms with Crippen LogP contribution in [-0.4, -0.2) is 63.9 Å². The largest absolute Gasteiger partial charge is 0.497 e. The molecule has 1 heterocycles. The van der Waals surface area contributed by atoms with Crippen LogP contribution in [0.25, 0.3) is 0 Å². The summed E-state index contributed by atoms with van der Waals surface area (Å²) in [5.41, 5.74) is 1.17. The van der Waals surface area contributed by atoms with Crippen molar-refractivity contribution in [3.8, 4) is 11.5 Å². The summed E-state index contributed by atoms with van der Waals surface area (Å²) in [6.07, 6.45) is 0. The summed E-state index contributed by atoms with van der Waals surface area (Å²) in [5, 5.41) is 3.09. The van der Waals surface area contributed by atoms with Crippen LogP contribution in [-0.2, 0) is 0 Å². The first-order valence-corrected chi connectivity index (χ1v) is 12.9. The molecule has 0 aromatic heterocycles. The molecule has 3 aromatic carbocycles. The number of rotatable bonds is 10. The fraction of sp³-hybridized carbons (Fsp3) is 0.333. The minimum absolute atomic E-state index is 0.0414. The summed E-state index contributed by atoms with van der Waals surface area (Å²) in [5.74, 6) is -1.97. The van der Waals surface area contributed by atoms with Crippen LogP contribution in [0.15, 0.2) is 66.7 Å². The van der Waals surface area contributed by atoms with E-state index in [-0.39, 0.29) is 22.2 Å². The Morgan fingerprint density at radius 3 is 1.95 bits per heavy atom. The van der Waals surface area contributed by atoms with E-state index in [0.717, 1.165) is 0 Å². The molecule has 200 valence electrons. The van der Waals surface area contributed by atoms with Crippen molar-refractivity contribution in [2.24, 2.45) is 11.8 Å². The van der Waals surface area contributed by atoms with Crippen LogP contribution >= 0.6 is 11.6 Å². The molecule has 3 aromatic rings. The third-order valence-corrected chi connectivity index (χ3v) is 7.47. The maximum absolute atomic E-state index is 15.6. The van der Waals surface area contributed by atoms with Gasteiger partial charge in [-0.25, -0.2) is 4.39 Å². The molecular weight excluding hydrogens is 507 g/mol. The molecule has 0 bridgehead atoms. The fourth-order valence-corrected chi connectivity index (χ4v) is 5.46. The van der Waals surface area contributed by atoms with Crippen LogP contribution in [0.5, 0.6) is 11.5 Å². The predicted octanol–water partition coefficient (Wildman–Crippen LogP) is 5.11. The van der Waals surface area contributed by atoms with Crippen molar-refractivity contribution in [2.45, 2.75) is 5.92 Å². The van der Waals surface area contributed by atoms with E-state index in [4.69, 9.17) is 21.1 Å². The van der Waals surface area contributed by atoms with Gasteiger partial charge >= 0.3 is 0 Å². The Balaban J connectivity index is 1.85. The molecule has 0 spiro atoms. The van der Waals surface area contributed by atoms with Gasteiger partial charge in [-0.15, -0.1) is 0 Å². The van der Waals surface area contributed by atoms with Crippen molar-refractivity contribution in [1.29, 1.82) is 0 Å². The number of Topliss-reactive ketones (excluding diaryl/α,β-unsaturated/α-hetero) is 2. The second-order valence-electron chi connectivity index (χ2n) is 9.44. The maximum atomic E-state index is 15.6. The average molecular weight is 539 g/mol. The molecule has 38 heavy (non-hydrogen) atoms. The maximum Gasteiger partial charge on any atom is 0.167 e. The van der Waals surface area contributed by atoms with E-state index >= 15 is 4.39 Å². The summed E-state index contributed by atoms with van der Waals surface area (Å²) >= 11 is 6.20. The number of carbonyl (C=O) groups is 2. The van der Waals surface area contributed by atoms with Crippen molar-refractivity contribution in [3.05, 3.63) is 94.3 Å². The number of halogens is 2. The second-order valence-corrected chi connectivity index (χ2v) is 9.84. The molecule has 1 saturated heterocycles. The van der Waals surface area contributed by atoms with Crippen molar-refractivity contribution in [2.75, 3.05) is 47.4 Å². The molecule has 1 aliphatic heterocycles. The Bertz CT molecular complexity index is 1230. The van der Waals surface area contributed by atoms with E-state index in [2.05, 4.69) is 10.2 Å². The minimum atomic E-state index is -0.725. The quantitative estimate of drug-likeness (QED) is 0.362. The standard InChI is InChI=1S/C30H32ClFN2O4/c1-33-13-14-34-17-24(29(35)19-7-4-9-21(15-19)37-2)27(23-11-6-12-26(31)28(23)32)25(18-34)30(36)20-8-5-10-22(16-20)38-3/h4-12,15-16,24-25,27,33H,13-14,17-18H2,1-3H3/t24-,25-/m0/s1. The molecule has 0 amide bonds. The summed E-state index contributed by atoms with van der Waals surface area (Å²) in [6, 6.07) is 18.6. The number of ether oxygens (including phenoxy) is 2. The van der Waals surface area contributed by atoms with Crippen LogP contribution in [0.3, 0.4) is 0 Å². The van der Waals surface area contributed by atoms with Crippen LogP contribution in [0.1, 0.15) is 32.2 Å². The van der Waals surface area contributed by atoms with Gasteiger partial charge in [0.05, 0.1) is 19.2 Å². The van der Waals surface area contributed by atoms with Gasteiger partial charge in [0.25, 0.3) is 0 Å². The Kier molecular flexibility index (Phi) is 9.15. The first-order chi connectivity index (χ1) is 18.4. The first-order valence-electron chi connectivity index (χ1n) is 12.5. The van der Waals surface area contributed by atoms with Gasteiger partial charge in [0.2, 0.25) is 0 Å². The van der Waals surface area contributed by atoms with Gasteiger partial charge in [-0.1, -0.05) is 48.0 Å². The minimum Gasteiger partial charge on any atom is -0.497 e. The summed E-state index contributed by atoms with van der Waals surface area (Å²) in [6.45, 7) is 2.05. The van der Waals surface area contributed by atoms with Gasteiger partial charge in [-0.3, -0.25) is 9.59 Å². The van der Waals surface area contributed by atoms with Crippen molar-refractivity contribution < 1.29 is 23.5 Å². The highest BCUT2D eigenvalue weighted by atomic mass is 35.5. The highest BCUT2D eigenvalue weighted by molar-refractivity contribution is 6.30. The summed E-state index contributed by atoms with van der Waals surface area (Å²) in [7, 11) is 4.93. The molecule has 0 saturated carbocycles. The normalized spacial score (nSPS) is 18.2. The molecule has 0 unspecified atom stereocenters. The molecule has 1 N–H and O–H groups in total. The van der Waals surface area contributed by atoms with Gasteiger partial charge in [0, 0.05) is 55.1 Å². The highest BCUT2D eigenvalue weighted by Crippen LogP contribution is 2.43. The van der Waals surface area contributed by atoms with E-state index in [9.17, 15) is 9.59 Å². The van der Waals surface area contributed by atoms with Gasteiger partial charge in [-0.05, 0) is 42.9 Å². The van der Waals surface area contributed by atoms with Gasteiger partial charge < -0.3 is 19.7 Å². The van der Waals surface area contributed by atoms with Crippen LogP contribution in [0.2, 0.25) is 5.02 Å². The van der Waals surface area contributed by atoms with E-state index in [1.165, 1.54) is 20.3 Å². The number of likely N-dealkylation sites (tertiary alicyclic amines) is 1. The molecule has 4 rings (SSSR count).